The maximum absolute atomic E-state index is 12.7. The Hall–Kier alpha value is -5.09. The lowest BCUT2D eigenvalue weighted by molar-refractivity contribution is 0.00578. The third-order valence-electron chi connectivity index (χ3n) is 20.1. The van der Waals surface area contributed by atoms with E-state index in [9.17, 15) is 9.59 Å². The minimum absolute atomic E-state index is 0.0248. The first-order valence-corrected chi connectivity index (χ1v) is 37.9. The fourth-order valence-corrected chi connectivity index (χ4v) is 12.5. The van der Waals surface area contributed by atoms with Crippen molar-refractivity contribution in [2.24, 2.45) is 25.9 Å². The van der Waals surface area contributed by atoms with E-state index in [0.717, 1.165) is 57.2 Å². The molecule has 0 bridgehead atoms. The Balaban J connectivity index is 0.000000206. The Morgan fingerprint density at radius 3 is 1.00 bits per heavy atom. The second-order valence-corrected chi connectivity index (χ2v) is 31.7. The summed E-state index contributed by atoms with van der Waals surface area (Å²) < 4.78 is 54.0. The van der Waals surface area contributed by atoms with Crippen LogP contribution in [0.1, 0.15) is 167 Å². The number of fused-ring (bicyclic) bond motifs is 2. The van der Waals surface area contributed by atoms with Gasteiger partial charge in [0.05, 0.1) is 71.6 Å². The molecule has 0 amide bonds. The number of aryl methyl sites for hydroxylation is 3. The summed E-state index contributed by atoms with van der Waals surface area (Å²) >= 11 is 11.2. The molecule has 12 rings (SSSR count). The zero-order valence-electron chi connectivity index (χ0n) is 64.7. The Morgan fingerprint density at radius 1 is 0.430 bits per heavy atom. The van der Waals surface area contributed by atoms with Crippen LogP contribution in [0.2, 0.25) is 13.6 Å². The number of nitrogens with zero attached hydrogens (tertiary/aromatic N) is 6. The van der Waals surface area contributed by atoms with Crippen LogP contribution in [0.25, 0.3) is 43.8 Å². The Labute approximate surface area is 620 Å². The summed E-state index contributed by atoms with van der Waals surface area (Å²) in [6.45, 7) is 48.6. The van der Waals surface area contributed by atoms with Crippen LogP contribution in [0.4, 0.5) is 0 Å². The van der Waals surface area contributed by atoms with Crippen molar-refractivity contribution in [1.82, 2.24) is 28.7 Å². The molecule has 0 radical (unpaired) electrons. The average molecular weight is 1520 g/mol. The zero-order chi connectivity index (χ0) is 75.1. The van der Waals surface area contributed by atoms with Gasteiger partial charge in [0.15, 0.2) is 0 Å². The summed E-state index contributed by atoms with van der Waals surface area (Å²) in [6, 6.07) is 38.0. The molecule has 0 unspecified atom stereocenters. The summed E-state index contributed by atoms with van der Waals surface area (Å²) in [5.74, 6) is 2.76. The van der Waals surface area contributed by atoms with Crippen LogP contribution in [-0.4, -0.2) is 114 Å². The van der Waals surface area contributed by atoms with Gasteiger partial charge in [-0.05, 0) is 211 Å². The molecular formula is C77H111B4Br2ClN6O10. The number of alkyl halides is 2. The van der Waals surface area contributed by atoms with Gasteiger partial charge in [-0.25, -0.2) is 9.36 Å². The topological polar surface area (TPSA) is 153 Å². The largest absolute Gasteiger partial charge is 0.488 e. The van der Waals surface area contributed by atoms with Gasteiger partial charge >= 0.3 is 28.3 Å². The van der Waals surface area contributed by atoms with Crippen molar-refractivity contribution < 1.29 is 37.2 Å². The number of aromatic nitrogens is 6. The molecule has 8 aromatic rings. The molecule has 100 heavy (non-hydrogen) atoms. The number of rotatable bonds is 11. The van der Waals surface area contributed by atoms with Crippen LogP contribution in [0.3, 0.4) is 0 Å². The average Bonchev–Trinajstić information content (AvgIpc) is 1.62. The second kappa shape index (κ2) is 33.8. The zero-order valence-corrected chi connectivity index (χ0v) is 68.7. The summed E-state index contributed by atoms with van der Waals surface area (Å²) in [5, 5.41) is 12.5. The lowest BCUT2D eigenvalue weighted by Crippen LogP contribution is -2.41. The molecule has 0 spiro atoms. The fraction of sp³-hybridized carbons (Fsp3) is 0.532. The van der Waals surface area contributed by atoms with E-state index in [4.69, 9.17) is 37.2 Å². The van der Waals surface area contributed by atoms with Gasteiger partial charge in [0.25, 0.3) is 11.1 Å². The van der Waals surface area contributed by atoms with Crippen LogP contribution in [0.5, 0.6) is 0 Å². The first kappa shape index (κ1) is 83.9. The van der Waals surface area contributed by atoms with Crippen molar-refractivity contribution in [3.05, 3.63) is 175 Å². The van der Waals surface area contributed by atoms with Crippen LogP contribution in [0, 0.1) is 18.8 Å². The molecule has 4 aliphatic heterocycles. The lowest BCUT2D eigenvalue weighted by Gasteiger charge is -2.32. The van der Waals surface area contributed by atoms with Crippen molar-refractivity contribution in [2.75, 3.05) is 12.2 Å². The van der Waals surface area contributed by atoms with Crippen LogP contribution in [-0.2, 0) is 77.3 Å². The standard InChI is InChI=1S/C25H27N3O.C24H24BrN3O.C12H24B2O4.2C7H15BO2.CH3Br.CH3Cl/c1-17(2)14-23-22-16-28(18(3)24(22)25(29)27(4)26-23)15-19-10-12-21(13-11-19)20-8-6-5-7-9-20;1-16(2)13-21-20-15-28(23(25)22(20)24(29)27(3)26-21)14-17-9-11-19(12-10-17)18-7-5-4-6-8-18;1-9(2)10(3,4)16-13(15-9)14-17-11(5,6)12(7,8)18-14;2*1-6(2)7(3,4)10-8(5)9-6;2*1-2/h5-13,16-17H,14-15H2,1-4H3;4-12,15-16H,13-14H2,1-3H3;1-8H3;2*1-5H3;2*1H3. The van der Waals surface area contributed by atoms with Gasteiger partial charge in [-0.2, -0.15) is 10.2 Å². The first-order chi connectivity index (χ1) is 46.5. The van der Waals surface area contributed by atoms with Crippen molar-refractivity contribution in [2.45, 2.75) is 230 Å². The number of hydrogen-bond acceptors (Lipinski definition) is 12. The third kappa shape index (κ3) is 19.8. The second-order valence-electron chi connectivity index (χ2n) is 30.9. The molecule has 4 aromatic heterocycles. The molecule has 542 valence electrons. The van der Waals surface area contributed by atoms with Gasteiger partial charge in [-0.15, -0.1) is 11.6 Å². The molecular weight excluding hydrogens is 1410 g/mol. The Kier molecular flexibility index (Phi) is 28.3. The normalized spacial score (nSPS) is 18.4. The Morgan fingerprint density at radius 2 is 0.700 bits per heavy atom. The molecule has 0 N–H and O–H groups in total. The van der Waals surface area contributed by atoms with Crippen LogP contribution >= 0.6 is 43.5 Å². The minimum Gasteiger partial charge on any atom is -0.405 e. The van der Waals surface area contributed by atoms with E-state index >= 15 is 0 Å². The lowest BCUT2D eigenvalue weighted by atomic mass is 9.49. The summed E-state index contributed by atoms with van der Waals surface area (Å²) in [6.07, 6.45) is 7.32. The van der Waals surface area contributed by atoms with E-state index in [0.29, 0.717) is 23.8 Å². The maximum Gasteiger partial charge on any atom is 0.488 e. The van der Waals surface area contributed by atoms with Gasteiger partial charge in [0, 0.05) is 62.4 Å². The number of benzene rings is 4. The predicted molar refractivity (Wildman–Crippen MR) is 424 cm³/mol. The molecule has 4 aromatic carbocycles. The van der Waals surface area contributed by atoms with Gasteiger partial charge in [0.2, 0.25) is 0 Å². The molecule has 0 saturated carbocycles. The highest BCUT2D eigenvalue weighted by atomic mass is 79.9. The smallest absolute Gasteiger partial charge is 0.405 e. The summed E-state index contributed by atoms with van der Waals surface area (Å²) in [5.41, 5.74) is 8.02. The predicted octanol–water partition coefficient (Wildman–Crippen LogP) is 17.9. The fourth-order valence-electron chi connectivity index (χ4n) is 11.9. The Bertz CT molecular complexity index is 3770. The van der Waals surface area contributed by atoms with Gasteiger partial charge < -0.3 is 46.4 Å². The van der Waals surface area contributed by atoms with E-state index < -0.39 is 14.0 Å². The number of halogens is 3. The highest BCUT2D eigenvalue weighted by Gasteiger charge is 2.64. The van der Waals surface area contributed by atoms with Crippen molar-refractivity contribution in [3.63, 3.8) is 0 Å². The van der Waals surface area contributed by atoms with Gasteiger partial charge in [-0.1, -0.05) is 153 Å². The highest BCUT2D eigenvalue weighted by Crippen LogP contribution is 2.44. The van der Waals surface area contributed by atoms with Crippen LogP contribution < -0.4 is 11.1 Å². The molecule has 4 fully saturated rings. The molecule has 4 aliphatic rings. The molecule has 0 aliphatic carbocycles. The van der Waals surface area contributed by atoms with E-state index in [-0.39, 0.29) is 70.2 Å². The highest BCUT2D eigenvalue weighted by molar-refractivity contribution is 9.10. The molecule has 4 saturated heterocycles. The summed E-state index contributed by atoms with van der Waals surface area (Å²) in [7, 11) is 2.38. The quantitative estimate of drug-likeness (QED) is 0.0894. The van der Waals surface area contributed by atoms with Crippen LogP contribution in [0.15, 0.2) is 136 Å². The van der Waals surface area contributed by atoms with Crippen molar-refractivity contribution >= 4 is 93.3 Å². The van der Waals surface area contributed by atoms with E-state index in [2.05, 4.69) is 255 Å². The van der Waals surface area contributed by atoms with E-state index in [1.165, 1.54) is 49.1 Å². The van der Waals surface area contributed by atoms with Gasteiger partial charge in [-0.3, -0.25) is 9.59 Å². The van der Waals surface area contributed by atoms with E-state index in [1.807, 2.05) is 93.9 Å². The number of hydrogen-bond donors (Lipinski definition) is 0. The molecule has 8 heterocycles. The minimum atomic E-state index is -0.476. The van der Waals surface area contributed by atoms with E-state index in [1.54, 1.807) is 14.1 Å². The third-order valence-corrected chi connectivity index (χ3v) is 20.9. The molecule has 23 heteroatoms. The maximum atomic E-state index is 12.7. The monoisotopic (exact) mass is 1520 g/mol. The van der Waals surface area contributed by atoms with Gasteiger partial charge in [0.1, 0.15) is 0 Å². The van der Waals surface area contributed by atoms with Crippen molar-refractivity contribution in [1.29, 1.82) is 0 Å². The molecule has 0 atom stereocenters. The van der Waals surface area contributed by atoms with Crippen molar-refractivity contribution in [3.8, 4) is 22.3 Å². The summed E-state index contributed by atoms with van der Waals surface area (Å²) in [4.78, 5) is 25.5. The molecule has 16 nitrogen and oxygen atoms in total. The first-order valence-electron chi connectivity index (χ1n) is 34.7. The SMILES string of the molecule is CB1OC(C)(C)C(C)(C)O1.CB1OC(C)(C)C(C)(C)O1.CBr.CC(C)Cc1nn(C)c(=O)c2c(Br)n(Cc3ccc(-c4ccccc4)cc3)cc12.CC1(C)OB(B2OC(C)(C)C(C)(C)O2)OC1(C)C.CCl.Cc1c2c(=O)n(C)nc(CC(C)C)c2cn1Cc1ccc(-c2ccccc2)cc1.